The van der Waals surface area contributed by atoms with Crippen LogP contribution in [-0.2, 0) is 13.0 Å². The van der Waals surface area contributed by atoms with Crippen LogP contribution in [0.25, 0.3) is 0 Å². The summed E-state index contributed by atoms with van der Waals surface area (Å²) < 4.78 is 0. The van der Waals surface area contributed by atoms with Crippen LogP contribution in [0.3, 0.4) is 0 Å². The van der Waals surface area contributed by atoms with E-state index in [2.05, 4.69) is 49.6 Å². The van der Waals surface area contributed by atoms with Gasteiger partial charge in [-0.15, -0.1) is 11.3 Å². The third kappa shape index (κ3) is 3.18. The number of rotatable bonds is 4. The van der Waals surface area contributed by atoms with Gasteiger partial charge in [-0.05, 0) is 40.5 Å². The Hall–Kier alpha value is -1.12. The first-order valence-electron chi connectivity index (χ1n) is 6.04. The van der Waals surface area contributed by atoms with E-state index in [0.717, 1.165) is 6.42 Å². The van der Waals surface area contributed by atoms with Gasteiger partial charge < -0.3 is 5.73 Å². The number of hydrogen-bond donors (Lipinski definition) is 1. The van der Waals surface area contributed by atoms with E-state index in [1.165, 1.54) is 21.6 Å². The third-order valence-corrected chi connectivity index (χ3v) is 3.97. The molecule has 0 atom stereocenters. The Bertz CT molecular complexity index is 468. The molecule has 90 valence electrons. The Kier molecular flexibility index (Phi) is 3.97. The second-order valence-electron chi connectivity index (χ2n) is 4.70. The van der Waals surface area contributed by atoms with E-state index in [9.17, 15) is 0 Å². The van der Waals surface area contributed by atoms with Gasteiger partial charge in [0.1, 0.15) is 0 Å². The van der Waals surface area contributed by atoms with Crippen molar-refractivity contribution in [2.75, 3.05) is 0 Å². The summed E-state index contributed by atoms with van der Waals surface area (Å²) >= 11 is 1.75. The molecule has 0 saturated heterocycles. The van der Waals surface area contributed by atoms with Gasteiger partial charge in [-0.25, -0.2) is 0 Å². The maximum atomic E-state index is 5.62. The number of thiophene rings is 1. The molecule has 0 spiro atoms. The predicted octanol–water partition coefficient (Wildman–Crippen LogP) is 3.92. The quantitative estimate of drug-likeness (QED) is 0.868. The fraction of sp³-hybridized carbons (Fsp3) is 0.333. The summed E-state index contributed by atoms with van der Waals surface area (Å²) in [6.07, 6.45) is 1.01. The Balaban J connectivity index is 2.08. The Morgan fingerprint density at radius 1 is 1.12 bits per heavy atom. The lowest BCUT2D eigenvalue weighted by atomic mass is 10.00. The highest BCUT2D eigenvalue weighted by molar-refractivity contribution is 7.10. The van der Waals surface area contributed by atoms with Gasteiger partial charge in [0.15, 0.2) is 0 Å². The minimum atomic E-state index is 0.606. The van der Waals surface area contributed by atoms with Crippen molar-refractivity contribution in [3.8, 4) is 0 Å². The zero-order valence-corrected chi connectivity index (χ0v) is 11.3. The zero-order valence-electron chi connectivity index (χ0n) is 10.4. The van der Waals surface area contributed by atoms with E-state index in [4.69, 9.17) is 5.73 Å². The molecule has 0 amide bonds. The molecule has 0 unspecified atom stereocenters. The number of hydrogen-bond acceptors (Lipinski definition) is 2. The summed E-state index contributed by atoms with van der Waals surface area (Å²) in [5, 5.41) is 2.21. The molecule has 0 saturated carbocycles. The second kappa shape index (κ2) is 5.48. The van der Waals surface area contributed by atoms with Crippen molar-refractivity contribution in [2.45, 2.75) is 32.7 Å². The molecule has 1 aromatic heterocycles. The van der Waals surface area contributed by atoms with Crippen LogP contribution in [-0.4, -0.2) is 0 Å². The summed E-state index contributed by atoms with van der Waals surface area (Å²) in [4.78, 5) is 1.26. The molecule has 0 aliphatic rings. The molecule has 2 N–H and O–H groups in total. The zero-order chi connectivity index (χ0) is 12.3. The monoisotopic (exact) mass is 245 g/mol. The van der Waals surface area contributed by atoms with Crippen LogP contribution in [0.1, 0.15) is 41.3 Å². The first kappa shape index (κ1) is 12.3. The standard InChI is InChI=1S/C15H19NS/c1-11(2)14-5-3-12(4-6-14)7-13-8-15(9-16)17-10-13/h3-6,8,10-11H,7,9,16H2,1-2H3. The van der Waals surface area contributed by atoms with Gasteiger partial charge in [-0.1, -0.05) is 38.1 Å². The van der Waals surface area contributed by atoms with Crippen molar-refractivity contribution in [3.05, 3.63) is 57.3 Å². The highest BCUT2D eigenvalue weighted by Gasteiger charge is 2.02. The molecule has 1 nitrogen and oxygen atoms in total. The summed E-state index contributed by atoms with van der Waals surface area (Å²) in [5.74, 6) is 0.606. The van der Waals surface area contributed by atoms with Crippen LogP contribution in [0, 0.1) is 0 Å². The maximum absolute atomic E-state index is 5.62. The van der Waals surface area contributed by atoms with Gasteiger partial charge in [0.2, 0.25) is 0 Å². The molecule has 2 aromatic rings. The minimum absolute atomic E-state index is 0.606. The van der Waals surface area contributed by atoms with Crippen LogP contribution in [0.2, 0.25) is 0 Å². The lowest BCUT2D eigenvalue weighted by molar-refractivity contribution is 0.865. The van der Waals surface area contributed by atoms with E-state index >= 15 is 0 Å². The topological polar surface area (TPSA) is 26.0 Å². The summed E-state index contributed by atoms with van der Waals surface area (Å²) in [7, 11) is 0. The van der Waals surface area contributed by atoms with E-state index in [0.29, 0.717) is 12.5 Å². The largest absolute Gasteiger partial charge is 0.326 e. The summed E-state index contributed by atoms with van der Waals surface area (Å²) in [6.45, 7) is 5.10. The second-order valence-corrected chi connectivity index (χ2v) is 5.69. The number of benzene rings is 1. The average molecular weight is 245 g/mol. The van der Waals surface area contributed by atoms with Crippen molar-refractivity contribution in [1.82, 2.24) is 0 Å². The first-order valence-corrected chi connectivity index (χ1v) is 6.92. The van der Waals surface area contributed by atoms with Crippen molar-refractivity contribution in [1.29, 1.82) is 0 Å². The molecule has 1 aromatic carbocycles. The minimum Gasteiger partial charge on any atom is -0.326 e. The number of nitrogens with two attached hydrogens (primary N) is 1. The van der Waals surface area contributed by atoms with E-state index < -0.39 is 0 Å². The third-order valence-electron chi connectivity index (χ3n) is 2.96. The molecule has 0 fully saturated rings. The normalized spacial score (nSPS) is 11.1. The van der Waals surface area contributed by atoms with Crippen LogP contribution in [0.15, 0.2) is 35.7 Å². The highest BCUT2D eigenvalue weighted by Crippen LogP contribution is 2.19. The first-order chi connectivity index (χ1) is 8.19. The fourth-order valence-electron chi connectivity index (χ4n) is 1.88. The van der Waals surface area contributed by atoms with Crippen molar-refractivity contribution >= 4 is 11.3 Å². The van der Waals surface area contributed by atoms with E-state index in [1.807, 2.05) is 0 Å². The smallest absolute Gasteiger partial charge is 0.0273 e. The predicted molar refractivity (Wildman–Crippen MR) is 75.5 cm³/mol. The Morgan fingerprint density at radius 3 is 2.35 bits per heavy atom. The molecule has 17 heavy (non-hydrogen) atoms. The molecule has 2 heteroatoms. The van der Waals surface area contributed by atoms with Gasteiger partial charge in [0, 0.05) is 11.4 Å². The van der Waals surface area contributed by atoms with E-state index in [-0.39, 0.29) is 0 Å². The average Bonchev–Trinajstić information content (AvgIpc) is 2.77. The van der Waals surface area contributed by atoms with Crippen LogP contribution < -0.4 is 5.73 Å². The lowest BCUT2D eigenvalue weighted by Crippen LogP contribution is -1.92. The molecular weight excluding hydrogens is 226 g/mol. The summed E-state index contributed by atoms with van der Waals surface area (Å²) in [6, 6.07) is 11.1. The van der Waals surface area contributed by atoms with Crippen molar-refractivity contribution in [3.63, 3.8) is 0 Å². The van der Waals surface area contributed by atoms with Gasteiger partial charge in [0.05, 0.1) is 0 Å². The highest BCUT2D eigenvalue weighted by atomic mass is 32.1. The van der Waals surface area contributed by atoms with Crippen LogP contribution in [0.4, 0.5) is 0 Å². The van der Waals surface area contributed by atoms with Gasteiger partial charge in [-0.2, -0.15) is 0 Å². The fourth-order valence-corrected chi connectivity index (χ4v) is 2.65. The SMILES string of the molecule is CC(C)c1ccc(Cc2csc(CN)c2)cc1. The molecule has 0 radical (unpaired) electrons. The van der Waals surface area contributed by atoms with Gasteiger partial charge in [-0.3, -0.25) is 0 Å². The molecular formula is C15H19NS. The van der Waals surface area contributed by atoms with Crippen molar-refractivity contribution < 1.29 is 0 Å². The van der Waals surface area contributed by atoms with Crippen molar-refractivity contribution in [2.24, 2.45) is 5.73 Å². The Morgan fingerprint density at radius 2 is 1.82 bits per heavy atom. The Labute approximate surface area is 107 Å². The molecule has 2 rings (SSSR count). The maximum Gasteiger partial charge on any atom is 0.0273 e. The molecule has 1 heterocycles. The molecule has 0 bridgehead atoms. The van der Waals surface area contributed by atoms with E-state index in [1.54, 1.807) is 11.3 Å². The molecule has 0 aliphatic heterocycles. The molecule has 0 aliphatic carbocycles. The summed E-state index contributed by atoms with van der Waals surface area (Å²) in [5.41, 5.74) is 9.76. The lowest BCUT2D eigenvalue weighted by Gasteiger charge is -2.06. The van der Waals surface area contributed by atoms with Crippen LogP contribution in [0.5, 0.6) is 0 Å². The van der Waals surface area contributed by atoms with Gasteiger partial charge >= 0.3 is 0 Å². The van der Waals surface area contributed by atoms with Crippen LogP contribution >= 0.6 is 11.3 Å². The van der Waals surface area contributed by atoms with Gasteiger partial charge in [0.25, 0.3) is 0 Å².